The normalized spacial score (nSPS) is 12.2. The van der Waals surface area contributed by atoms with Crippen LogP contribution in [0.25, 0.3) is 0 Å². The smallest absolute Gasteiger partial charge is 0.128 e. The number of hydrogen-bond donors (Lipinski definition) is 1. The van der Waals surface area contributed by atoms with Crippen molar-refractivity contribution in [2.24, 2.45) is 0 Å². The van der Waals surface area contributed by atoms with E-state index < -0.39 is 0 Å². The van der Waals surface area contributed by atoms with Gasteiger partial charge >= 0.3 is 0 Å². The first kappa shape index (κ1) is 12.6. The van der Waals surface area contributed by atoms with E-state index in [0.29, 0.717) is 0 Å². The molecule has 1 unspecified atom stereocenters. The fourth-order valence-electron chi connectivity index (χ4n) is 2.09. The Morgan fingerprint density at radius 2 is 1.89 bits per heavy atom. The molecule has 0 aliphatic rings. The zero-order chi connectivity index (χ0) is 13.0. The lowest BCUT2D eigenvalue weighted by Crippen LogP contribution is -2.11. The maximum absolute atomic E-state index is 13.8. The zero-order valence-corrected chi connectivity index (χ0v) is 10.8. The third-order valence-electron chi connectivity index (χ3n) is 3.05. The lowest BCUT2D eigenvalue weighted by Gasteiger charge is -2.19. The molecule has 0 spiro atoms. The highest BCUT2D eigenvalue weighted by atomic mass is 19.1. The minimum atomic E-state index is -0.149. The van der Waals surface area contributed by atoms with Crippen LogP contribution in [0.2, 0.25) is 0 Å². The molecule has 0 bridgehead atoms. The summed E-state index contributed by atoms with van der Waals surface area (Å²) in [6.45, 7) is 4.11. The van der Waals surface area contributed by atoms with Gasteiger partial charge in [-0.15, -0.1) is 0 Å². The van der Waals surface area contributed by atoms with Gasteiger partial charge in [0.05, 0.1) is 6.04 Å². The van der Waals surface area contributed by atoms with E-state index in [4.69, 9.17) is 0 Å². The highest BCUT2D eigenvalue weighted by molar-refractivity contribution is 5.47. The van der Waals surface area contributed by atoms with Crippen LogP contribution in [-0.4, -0.2) is 0 Å². The highest BCUT2D eigenvalue weighted by Gasteiger charge is 2.12. The number of aryl methyl sites for hydroxylation is 1. The van der Waals surface area contributed by atoms with Crippen molar-refractivity contribution in [3.8, 4) is 0 Å². The van der Waals surface area contributed by atoms with Crippen LogP contribution >= 0.6 is 0 Å². The fraction of sp³-hybridized carbons (Fsp3) is 0.250. The van der Waals surface area contributed by atoms with Gasteiger partial charge in [0.1, 0.15) is 5.82 Å². The first-order valence-corrected chi connectivity index (χ1v) is 6.28. The summed E-state index contributed by atoms with van der Waals surface area (Å²) in [4.78, 5) is 0. The third kappa shape index (κ3) is 2.89. The molecule has 0 aliphatic heterocycles. The average molecular weight is 243 g/mol. The first-order valence-electron chi connectivity index (χ1n) is 6.28. The van der Waals surface area contributed by atoms with E-state index in [2.05, 4.69) is 31.3 Å². The Bertz CT molecular complexity index is 522. The summed E-state index contributed by atoms with van der Waals surface area (Å²) in [5.41, 5.74) is 2.95. The molecule has 2 aromatic carbocycles. The molecule has 18 heavy (non-hydrogen) atoms. The molecule has 2 heteroatoms. The summed E-state index contributed by atoms with van der Waals surface area (Å²) in [7, 11) is 0. The third-order valence-corrected chi connectivity index (χ3v) is 3.05. The van der Waals surface area contributed by atoms with E-state index in [0.717, 1.165) is 17.7 Å². The fourth-order valence-corrected chi connectivity index (χ4v) is 2.09. The average Bonchev–Trinajstić information content (AvgIpc) is 2.37. The first-order chi connectivity index (χ1) is 8.70. The summed E-state index contributed by atoms with van der Waals surface area (Å²) < 4.78 is 13.8. The standard InChI is InChI=1S/C16H18FN/c1-3-16(14-9-4-5-10-15(14)17)18-13-8-6-7-12(2)11-13/h4-11,16,18H,3H2,1-2H3. The van der Waals surface area contributed by atoms with Crippen LogP contribution in [0.15, 0.2) is 48.5 Å². The van der Waals surface area contributed by atoms with Gasteiger partial charge in [0.15, 0.2) is 0 Å². The summed E-state index contributed by atoms with van der Waals surface area (Å²) in [5, 5.41) is 3.39. The molecule has 0 amide bonds. The van der Waals surface area contributed by atoms with Crippen LogP contribution in [-0.2, 0) is 0 Å². The molecular formula is C16H18FN. The second kappa shape index (κ2) is 5.67. The van der Waals surface area contributed by atoms with Crippen molar-refractivity contribution in [1.82, 2.24) is 0 Å². The Balaban J connectivity index is 2.23. The van der Waals surface area contributed by atoms with E-state index in [-0.39, 0.29) is 11.9 Å². The van der Waals surface area contributed by atoms with Crippen molar-refractivity contribution >= 4 is 5.69 Å². The Morgan fingerprint density at radius 3 is 2.56 bits per heavy atom. The lowest BCUT2D eigenvalue weighted by molar-refractivity contribution is 0.587. The molecule has 0 radical (unpaired) electrons. The van der Waals surface area contributed by atoms with Crippen LogP contribution in [0.5, 0.6) is 0 Å². The predicted molar refractivity (Wildman–Crippen MR) is 74.2 cm³/mol. The highest BCUT2D eigenvalue weighted by Crippen LogP contribution is 2.24. The van der Waals surface area contributed by atoms with Gasteiger partial charge in [-0.3, -0.25) is 0 Å². The van der Waals surface area contributed by atoms with E-state index in [1.807, 2.05) is 24.3 Å². The number of halogens is 1. The molecule has 2 rings (SSSR count). The molecule has 1 N–H and O–H groups in total. The summed E-state index contributed by atoms with van der Waals surface area (Å²) in [5.74, 6) is -0.149. The van der Waals surface area contributed by atoms with Gasteiger partial charge in [-0.25, -0.2) is 4.39 Å². The second-order valence-corrected chi connectivity index (χ2v) is 4.50. The Kier molecular flexibility index (Phi) is 3.98. The van der Waals surface area contributed by atoms with Crippen molar-refractivity contribution in [3.05, 3.63) is 65.5 Å². The Morgan fingerprint density at radius 1 is 1.11 bits per heavy atom. The van der Waals surface area contributed by atoms with Crippen molar-refractivity contribution in [2.45, 2.75) is 26.3 Å². The van der Waals surface area contributed by atoms with Crippen molar-refractivity contribution in [3.63, 3.8) is 0 Å². The van der Waals surface area contributed by atoms with Gasteiger partial charge in [-0.1, -0.05) is 37.3 Å². The molecule has 2 aromatic rings. The zero-order valence-electron chi connectivity index (χ0n) is 10.8. The van der Waals surface area contributed by atoms with Gasteiger partial charge in [0, 0.05) is 11.3 Å². The summed E-state index contributed by atoms with van der Waals surface area (Å²) >= 11 is 0. The number of anilines is 1. The van der Waals surface area contributed by atoms with E-state index >= 15 is 0 Å². The molecule has 0 saturated carbocycles. The summed E-state index contributed by atoms with van der Waals surface area (Å²) in [6.07, 6.45) is 0.842. The maximum Gasteiger partial charge on any atom is 0.128 e. The van der Waals surface area contributed by atoms with Gasteiger partial charge in [0.25, 0.3) is 0 Å². The minimum Gasteiger partial charge on any atom is -0.378 e. The minimum absolute atomic E-state index is 0.00741. The molecule has 1 atom stereocenters. The van der Waals surface area contributed by atoms with Crippen molar-refractivity contribution in [2.75, 3.05) is 5.32 Å². The molecule has 0 aromatic heterocycles. The molecule has 0 saturated heterocycles. The molecule has 0 aliphatic carbocycles. The number of rotatable bonds is 4. The molecule has 0 fully saturated rings. The van der Waals surface area contributed by atoms with Crippen LogP contribution in [0, 0.1) is 12.7 Å². The van der Waals surface area contributed by atoms with Gasteiger partial charge in [0.2, 0.25) is 0 Å². The van der Waals surface area contributed by atoms with Crippen LogP contribution in [0.4, 0.5) is 10.1 Å². The maximum atomic E-state index is 13.8. The van der Waals surface area contributed by atoms with Gasteiger partial charge < -0.3 is 5.32 Å². The number of hydrogen-bond acceptors (Lipinski definition) is 1. The number of nitrogens with one attached hydrogen (secondary N) is 1. The molecular weight excluding hydrogens is 225 g/mol. The molecule has 94 valence electrons. The Labute approximate surface area is 108 Å². The quantitative estimate of drug-likeness (QED) is 0.821. The van der Waals surface area contributed by atoms with Gasteiger partial charge in [-0.05, 0) is 37.1 Å². The van der Waals surface area contributed by atoms with E-state index in [9.17, 15) is 4.39 Å². The SMILES string of the molecule is CCC(Nc1cccc(C)c1)c1ccccc1F. The van der Waals surface area contributed by atoms with Crippen LogP contribution < -0.4 is 5.32 Å². The van der Waals surface area contributed by atoms with Crippen LogP contribution in [0.1, 0.15) is 30.5 Å². The van der Waals surface area contributed by atoms with E-state index in [1.165, 1.54) is 11.6 Å². The van der Waals surface area contributed by atoms with E-state index in [1.54, 1.807) is 6.07 Å². The molecule has 0 heterocycles. The lowest BCUT2D eigenvalue weighted by atomic mass is 10.0. The topological polar surface area (TPSA) is 12.0 Å². The predicted octanol–water partition coefficient (Wildman–Crippen LogP) is 4.70. The van der Waals surface area contributed by atoms with Crippen LogP contribution in [0.3, 0.4) is 0 Å². The summed E-state index contributed by atoms with van der Waals surface area (Å²) in [6, 6.07) is 15.1. The monoisotopic (exact) mass is 243 g/mol. The number of benzene rings is 2. The second-order valence-electron chi connectivity index (χ2n) is 4.50. The van der Waals surface area contributed by atoms with Gasteiger partial charge in [-0.2, -0.15) is 0 Å². The molecule has 1 nitrogen and oxygen atoms in total. The van der Waals surface area contributed by atoms with Crippen molar-refractivity contribution in [1.29, 1.82) is 0 Å². The van der Waals surface area contributed by atoms with Crippen molar-refractivity contribution < 1.29 is 4.39 Å². The largest absolute Gasteiger partial charge is 0.378 e. The Hall–Kier alpha value is -1.83.